The molecule has 0 spiro atoms. The third-order valence-corrected chi connectivity index (χ3v) is 5.39. The highest BCUT2D eigenvalue weighted by atomic mass is 32.2. The molecule has 19 heavy (non-hydrogen) atoms. The van der Waals surface area contributed by atoms with Crippen molar-refractivity contribution in [1.82, 2.24) is 4.90 Å². The van der Waals surface area contributed by atoms with Crippen molar-refractivity contribution in [2.75, 3.05) is 5.75 Å². The number of thioether (sulfide) groups is 1. The van der Waals surface area contributed by atoms with Gasteiger partial charge in [0.15, 0.2) is 0 Å². The summed E-state index contributed by atoms with van der Waals surface area (Å²) in [6.45, 7) is 2.98. The zero-order valence-corrected chi connectivity index (χ0v) is 12.0. The van der Waals surface area contributed by atoms with E-state index in [0.717, 1.165) is 35.8 Å². The number of fused-ring (bicyclic) bond motifs is 1. The molecule has 1 aromatic carbocycles. The molecule has 1 saturated carbocycles. The first-order valence-electron chi connectivity index (χ1n) is 6.94. The first-order valence-corrected chi connectivity index (χ1v) is 7.99. The van der Waals surface area contributed by atoms with Gasteiger partial charge in [-0.3, -0.25) is 5.41 Å². The fourth-order valence-corrected chi connectivity index (χ4v) is 4.36. The summed E-state index contributed by atoms with van der Waals surface area (Å²) in [5.74, 6) is 1.44. The van der Waals surface area contributed by atoms with Gasteiger partial charge in [0, 0.05) is 23.4 Å². The summed E-state index contributed by atoms with van der Waals surface area (Å²) in [7, 11) is 0. The van der Waals surface area contributed by atoms with Crippen LogP contribution in [-0.2, 0) is 6.54 Å². The molecule has 0 saturated heterocycles. The number of rotatable bonds is 3. The maximum Gasteiger partial charge on any atom is 0.129 e. The average molecular weight is 278 g/mol. The minimum atomic E-state index is -0.240. The van der Waals surface area contributed by atoms with Crippen LogP contribution in [-0.4, -0.2) is 27.8 Å². The third kappa shape index (κ3) is 2.38. The maximum atomic E-state index is 13.3. The molecule has 3 rings (SSSR count). The van der Waals surface area contributed by atoms with Crippen LogP contribution in [0.5, 0.6) is 0 Å². The number of amidine groups is 1. The molecule has 1 aliphatic heterocycles. The highest BCUT2D eigenvalue weighted by Crippen LogP contribution is 2.36. The minimum Gasteiger partial charge on any atom is -0.349 e. The van der Waals surface area contributed by atoms with Crippen molar-refractivity contribution in [3.05, 3.63) is 35.1 Å². The lowest BCUT2D eigenvalue weighted by Gasteiger charge is -2.25. The first-order chi connectivity index (χ1) is 9.19. The topological polar surface area (TPSA) is 27.1 Å². The summed E-state index contributed by atoms with van der Waals surface area (Å²) in [6.07, 6.45) is 3.57. The molecule has 2 nitrogen and oxygen atoms in total. The standard InChI is InChI=1S/C15H19FN2S/c1-2-19-13-6-5-12(8-13)18-9-10-3-4-11(16)7-14(10)15(18)17/h3-4,7,12-13,17H,2,5-6,8-9H2,1H3. The number of nitrogens with one attached hydrogen (secondary N) is 1. The van der Waals surface area contributed by atoms with E-state index in [1.807, 2.05) is 17.8 Å². The molecule has 0 amide bonds. The van der Waals surface area contributed by atoms with Crippen molar-refractivity contribution in [1.29, 1.82) is 5.41 Å². The number of hydrogen-bond acceptors (Lipinski definition) is 2. The Morgan fingerprint density at radius 1 is 1.42 bits per heavy atom. The first kappa shape index (κ1) is 13.0. The SMILES string of the molecule is CCSC1CCC(N2Cc3ccc(F)cc3C2=N)C1. The molecular weight excluding hydrogens is 259 g/mol. The van der Waals surface area contributed by atoms with Gasteiger partial charge in [0.2, 0.25) is 0 Å². The fourth-order valence-electron chi connectivity index (χ4n) is 3.22. The summed E-state index contributed by atoms with van der Waals surface area (Å²) >= 11 is 2.03. The van der Waals surface area contributed by atoms with E-state index in [0.29, 0.717) is 11.9 Å². The molecule has 1 aliphatic carbocycles. The van der Waals surface area contributed by atoms with Gasteiger partial charge in [-0.05, 0) is 42.7 Å². The summed E-state index contributed by atoms with van der Waals surface area (Å²) in [4.78, 5) is 2.17. The van der Waals surface area contributed by atoms with Crippen LogP contribution in [0.3, 0.4) is 0 Å². The van der Waals surface area contributed by atoms with Crippen molar-refractivity contribution in [2.45, 2.75) is 44.0 Å². The van der Waals surface area contributed by atoms with Crippen LogP contribution in [0, 0.1) is 11.2 Å². The molecular formula is C15H19FN2S. The number of benzene rings is 1. The minimum absolute atomic E-state index is 0.240. The second kappa shape index (κ2) is 5.16. The Kier molecular flexibility index (Phi) is 3.52. The van der Waals surface area contributed by atoms with Gasteiger partial charge in [-0.15, -0.1) is 0 Å². The van der Waals surface area contributed by atoms with Crippen molar-refractivity contribution in [3.8, 4) is 0 Å². The predicted molar refractivity (Wildman–Crippen MR) is 78.3 cm³/mol. The lowest BCUT2D eigenvalue weighted by Crippen LogP contribution is -2.33. The quantitative estimate of drug-likeness (QED) is 0.914. The van der Waals surface area contributed by atoms with Gasteiger partial charge in [-0.2, -0.15) is 11.8 Å². The monoisotopic (exact) mass is 278 g/mol. The van der Waals surface area contributed by atoms with Gasteiger partial charge >= 0.3 is 0 Å². The third-order valence-electron chi connectivity index (χ3n) is 4.15. The number of nitrogens with zero attached hydrogens (tertiary/aromatic N) is 1. The van der Waals surface area contributed by atoms with E-state index in [4.69, 9.17) is 5.41 Å². The van der Waals surface area contributed by atoms with Crippen LogP contribution in [0.4, 0.5) is 4.39 Å². The van der Waals surface area contributed by atoms with Crippen LogP contribution < -0.4 is 0 Å². The van der Waals surface area contributed by atoms with Gasteiger partial charge in [-0.25, -0.2) is 4.39 Å². The number of hydrogen-bond donors (Lipinski definition) is 1. The lowest BCUT2D eigenvalue weighted by atomic mass is 10.1. The average Bonchev–Trinajstić information content (AvgIpc) is 2.96. The van der Waals surface area contributed by atoms with E-state index in [9.17, 15) is 4.39 Å². The predicted octanol–water partition coefficient (Wildman–Crippen LogP) is 3.64. The van der Waals surface area contributed by atoms with Crippen LogP contribution >= 0.6 is 11.8 Å². The Morgan fingerprint density at radius 2 is 2.26 bits per heavy atom. The molecule has 102 valence electrons. The van der Waals surface area contributed by atoms with Crippen molar-refractivity contribution < 1.29 is 4.39 Å². The Bertz CT molecular complexity index is 503. The molecule has 0 radical (unpaired) electrons. The fraction of sp³-hybridized carbons (Fsp3) is 0.533. The van der Waals surface area contributed by atoms with E-state index < -0.39 is 0 Å². The summed E-state index contributed by atoms with van der Waals surface area (Å²) in [5, 5.41) is 9.01. The zero-order chi connectivity index (χ0) is 13.4. The smallest absolute Gasteiger partial charge is 0.129 e. The molecule has 0 bridgehead atoms. The molecule has 1 aromatic rings. The van der Waals surface area contributed by atoms with Crippen LogP contribution in [0.2, 0.25) is 0 Å². The van der Waals surface area contributed by atoms with E-state index >= 15 is 0 Å². The highest BCUT2D eigenvalue weighted by molar-refractivity contribution is 7.99. The van der Waals surface area contributed by atoms with Gasteiger partial charge in [0.05, 0.1) is 0 Å². The summed E-state index contributed by atoms with van der Waals surface area (Å²) < 4.78 is 13.3. The van der Waals surface area contributed by atoms with Crippen LogP contribution in [0.1, 0.15) is 37.3 Å². The normalized spacial score (nSPS) is 26.0. The largest absolute Gasteiger partial charge is 0.349 e. The van der Waals surface area contributed by atoms with Gasteiger partial charge in [0.1, 0.15) is 11.7 Å². The molecule has 2 unspecified atom stereocenters. The maximum absolute atomic E-state index is 13.3. The second-order valence-corrected chi connectivity index (χ2v) is 6.90. The van der Waals surface area contributed by atoms with E-state index in [-0.39, 0.29) is 5.82 Å². The zero-order valence-electron chi connectivity index (χ0n) is 11.2. The van der Waals surface area contributed by atoms with E-state index in [1.54, 1.807) is 0 Å². The Labute approximate surface area is 117 Å². The second-order valence-electron chi connectivity index (χ2n) is 5.32. The van der Waals surface area contributed by atoms with E-state index in [2.05, 4.69) is 11.8 Å². The van der Waals surface area contributed by atoms with Gasteiger partial charge in [-0.1, -0.05) is 13.0 Å². The Hall–Kier alpha value is -1.03. The summed E-state index contributed by atoms with van der Waals surface area (Å²) in [6, 6.07) is 5.30. The van der Waals surface area contributed by atoms with Crippen molar-refractivity contribution in [3.63, 3.8) is 0 Å². The number of halogens is 1. The van der Waals surface area contributed by atoms with Crippen molar-refractivity contribution >= 4 is 17.6 Å². The highest BCUT2D eigenvalue weighted by Gasteiger charge is 2.35. The van der Waals surface area contributed by atoms with Crippen molar-refractivity contribution in [2.24, 2.45) is 0 Å². The Balaban J connectivity index is 1.74. The van der Waals surface area contributed by atoms with Crippen LogP contribution in [0.25, 0.3) is 0 Å². The molecule has 4 heteroatoms. The molecule has 1 fully saturated rings. The molecule has 2 atom stereocenters. The Morgan fingerprint density at radius 3 is 3.05 bits per heavy atom. The molecule has 2 aliphatic rings. The van der Waals surface area contributed by atoms with E-state index in [1.165, 1.54) is 24.3 Å². The lowest BCUT2D eigenvalue weighted by molar-refractivity contribution is 0.319. The van der Waals surface area contributed by atoms with Crippen LogP contribution in [0.15, 0.2) is 18.2 Å². The molecule has 1 heterocycles. The molecule has 0 aromatic heterocycles. The summed E-state index contributed by atoms with van der Waals surface area (Å²) in [5.41, 5.74) is 1.88. The van der Waals surface area contributed by atoms with Gasteiger partial charge < -0.3 is 4.90 Å². The van der Waals surface area contributed by atoms with Gasteiger partial charge in [0.25, 0.3) is 0 Å². The molecule has 1 N–H and O–H groups in total.